The van der Waals surface area contributed by atoms with Crippen molar-refractivity contribution in [2.24, 2.45) is 0 Å². The zero-order chi connectivity index (χ0) is 20.2. The Kier molecular flexibility index (Phi) is 6.13. The molecule has 3 aromatic rings. The lowest BCUT2D eigenvalue weighted by Crippen LogP contribution is -2.46. The molecule has 1 aliphatic heterocycles. The fourth-order valence-corrected chi connectivity index (χ4v) is 4.25. The molecule has 7 nitrogen and oxygen atoms in total. The van der Waals surface area contributed by atoms with Crippen LogP contribution in [0.1, 0.15) is 24.4 Å². The van der Waals surface area contributed by atoms with Crippen molar-refractivity contribution < 1.29 is 13.9 Å². The van der Waals surface area contributed by atoms with Crippen molar-refractivity contribution in [3.05, 3.63) is 47.2 Å². The predicted molar refractivity (Wildman–Crippen MR) is 112 cm³/mol. The molecular formula is C21H26N4O3S. The van der Waals surface area contributed by atoms with Gasteiger partial charge in [0.1, 0.15) is 0 Å². The summed E-state index contributed by atoms with van der Waals surface area (Å²) in [6, 6.07) is 10.2. The Morgan fingerprint density at radius 2 is 1.86 bits per heavy atom. The number of hydrogen-bond donors (Lipinski definition) is 0. The van der Waals surface area contributed by atoms with Gasteiger partial charge in [0, 0.05) is 32.7 Å². The normalized spacial score (nSPS) is 16.7. The fraction of sp³-hybridized carbons (Fsp3) is 0.429. The number of piperazine rings is 1. The van der Waals surface area contributed by atoms with Crippen LogP contribution in [0.15, 0.2) is 40.1 Å². The van der Waals surface area contributed by atoms with E-state index in [0.29, 0.717) is 11.8 Å². The average Bonchev–Trinajstić information content (AvgIpc) is 3.45. The molecule has 0 aliphatic carbocycles. The van der Waals surface area contributed by atoms with Crippen LogP contribution < -0.4 is 9.47 Å². The summed E-state index contributed by atoms with van der Waals surface area (Å²) in [5.74, 6) is 2.82. The molecule has 1 aromatic carbocycles. The number of nitrogens with zero attached hydrogens (tertiary/aromatic N) is 4. The lowest BCUT2D eigenvalue weighted by Gasteiger charge is -2.36. The molecule has 1 fully saturated rings. The minimum atomic E-state index is 0.111. The van der Waals surface area contributed by atoms with E-state index in [0.717, 1.165) is 49.1 Å². The SMILES string of the molecule is COc1ccc(CN2CCN(C(C)c3nnc(-c4cccs4)o3)CC2)cc1OC. The highest BCUT2D eigenvalue weighted by Crippen LogP contribution is 2.29. The second-order valence-corrected chi connectivity index (χ2v) is 8.05. The topological polar surface area (TPSA) is 63.9 Å². The zero-order valence-corrected chi connectivity index (χ0v) is 17.8. The molecule has 0 saturated carbocycles. The van der Waals surface area contributed by atoms with Gasteiger partial charge in [-0.05, 0) is 36.1 Å². The molecule has 154 valence electrons. The largest absolute Gasteiger partial charge is 0.493 e. The first kappa shape index (κ1) is 19.9. The molecule has 29 heavy (non-hydrogen) atoms. The number of methoxy groups -OCH3 is 2. The van der Waals surface area contributed by atoms with Gasteiger partial charge in [-0.25, -0.2) is 0 Å². The zero-order valence-electron chi connectivity index (χ0n) is 17.0. The molecule has 1 unspecified atom stereocenters. The van der Waals surface area contributed by atoms with E-state index in [1.165, 1.54) is 5.56 Å². The molecule has 8 heteroatoms. The summed E-state index contributed by atoms with van der Waals surface area (Å²) in [5.41, 5.74) is 1.22. The molecule has 2 aromatic heterocycles. The third kappa shape index (κ3) is 4.44. The van der Waals surface area contributed by atoms with Crippen molar-refractivity contribution in [3.63, 3.8) is 0 Å². The van der Waals surface area contributed by atoms with Crippen molar-refractivity contribution in [3.8, 4) is 22.3 Å². The Balaban J connectivity index is 1.33. The molecule has 1 atom stereocenters. The van der Waals surface area contributed by atoms with Crippen LogP contribution in [-0.4, -0.2) is 60.4 Å². The maximum Gasteiger partial charge on any atom is 0.257 e. The van der Waals surface area contributed by atoms with E-state index in [9.17, 15) is 0 Å². The maximum atomic E-state index is 5.92. The third-order valence-electron chi connectivity index (χ3n) is 5.34. The summed E-state index contributed by atoms with van der Waals surface area (Å²) < 4.78 is 16.7. The number of thiophene rings is 1. The van der Waals surface area contributed by atoms with Crippen molar-refractivity contribution in [2.75, 3.05) is 40.4 Å². The highest BCUT2D eigenvalue weighted by Gasteiger charge is 2.26. The third-order valence-corrected chi connectivity index (χ3v) is 6.20. The summed E-state index contributed by atoms with van der Waals surface area (Å²) in [6.45, 7) is 6.94. The van der Waals surface area contributed by atoms with Gasteiger partial charge in [0.25, 0.3) is 5.89 Å². The first-order valence-corrected chi connectivity index (χ1v) is 10.6. The summed E-state index contributed by atoms with van der Waals surface area (Å²) in [5, 5.41) is 10.5. The smallest absolute Gasteiger partial charge is 0.257 e. The molecule has 0 amide bonds. The van der Waals surface area contributed by atoms with Crippen molar-refractivity contribution >= 4 is 11.3 Å². The number of aromatic nitrogens is 2. The van der Waals surface area contributed by atoms with Crippen molar-refractivity contribution in [2.45, 2.75) is 19.5 Å². The van der Waals surface area contributed by atoms with Gasteiger partial charge in [-0.15, -0.1) is 21.5 Å². The second kappa shape index (κ2) is 8.94. The van der Waals surface area contributed by atoms with E-state index in [1.807, 2.05) is 23.6 Å². The molecular weight excluding hydrogens is 388 g/mol. The first-order valence-electron chi connectivity index (χ1n) is 9.72. The van der Waals surface area contributed by atoms with Gasteiger partial charge in [0.05, 0.1) is 25.1 Å². The molecule has 0 bridgehead atoms. The van der Waals surface area contributed by atoms with Crippen molar-refractivity contribution in [1.82, 2.24) is 20.0 Å². The summed E-state index contributed by atoms with van der Waals surface area (Å²) in [7, 11) is 3.33. The first-order chi connectivity index (χ1) is 14.2. The molecule has 0 N–H and O–H groups in total. The van der Waals surface area contributed by atoms with Crippen LogP contribution in [-0.2, 0) is 6.54 Å². The molecule has 4 rings (SSSR count). The van der Waals surface area contributed by atoms with E-state index in [4.69, 9.17) is 13.9 Å². The molecule has 0 spiro atoms. The van der Waals surface area contributed by atoms with E-state index in [-0.39, 0.29) is 6.04 Å². The Bertz CT molecular complexity index is 920. The summed E-state index contributed by atoms with van der Waals surface area (Å²) in [6.07, 6.45) is 0. The standard InChI is InChI=1S/C21H26N4O3S/c1-15(20-22-23-21(28-20)19-5-4-12-29-19)25-10-8-24(9-11-25)14-16-6-7-17(26-2)18(13-16)27-3/h4-7,12-13,15H,8-11,14H2,1-3H3. The van der Waals surface area contributed by atoms with Crippen LogP contribution in [0.4, 0.5) is 0 Å². The van der Waals surface area contributed by atoms with Crippen LogP contribution in [0.5, 0.6) is 11.5 Å². The van der Waals surface area contributed by atoms with E-state index in [2.05, 4.69) is 39.1 Å². The van der Waals surface area contributed by atoms with Crippen LogP contribution in [0.25, 0.3) is 10.8 Å². The monoisotopic (exact) mass is 414 g/mol. The molecule has 3 heterocycles. The minimum Gasteiger partial charge on any atom is -0.493 e. The predicted octanol–water partition coefficient (Wildman–Crippen LogP) is 3.69. The number of rotatable bonds is 7. The highest BCUT2D eigenvalue weighted by molar-refractivity contribution is 7.13. The van der Waals surface area contributed by atoms with Crippen LogP contribution in [0.3, 0.4) is 0 Å². The Hall–Kier alpha value is -2.42. The number of ether oxygens (including phenoxy) is 2. The Morgan fingerprint density at radius 1 is 1.07 bits per heavy atom. The molecule has 1 aliphatic rings. The lowest BCUT2D eigenvalue weighted by molar-refractivity contribution is 0.0875. The fourth-order valence-electron chi connectivity index (χ4n) is 3.61. The Labute approximate surface area is 174 Å². The van der Waals surface area contributed by atoms with Gasteiger partial charge in [-0.3, -0.25) is 9.80 Å². The van der Waals surface area contributed by atoms with Gasteiger partial charge >= 0.3 is 0 Å². The highest BCUT2D eigenvalue weighted by atomic mass is 32.1. The second-order valence-electron chi connectivity index (χ2n) is 7.10. The molecule has 0 radical (unpaired) electrons. The molecule has 1 saturated heterocycles. The lowest BCUT2D eigenvalue weighted by atomic mass is 10.1. The Morgan fingerprint density at radius 3 is 2.55 bits per heavy atom. The van der Waals surface area contributed by atoms with Crippen LogP contribution >= 0.6 is 11.3 Å². The summed E-state index contributed by atoms with van der Waals surface area (Å²) in [4.78, 5) is 5.86. The van der Waals surface area contributed by atoms with Gasteiger partial charge in [0.15, 0.2) is 11.5 Å². The van der Waals surface area contributed by atoms with Gasteiger partial charge in [0.2, 0.25) is 5.89 Å². The number of hydrogen-bond acceptors (Lipinski definition) is 8. The van der Waals surface area contributed by atoms with Crippen LogP contribution in [0, 0.1) is 0 Å². The van der Waals surface area contributed by atoms with Gasteiger partial charge in [-0.2, -0.15) is 0 Å². The van der Waals surface area contributed by atoms with Gasteiger partial charge in [-0.1, -0.05) is 12.1 Å². The van der Waals surface area contributed by atoms with E-state index >= 15 is 0 Å². The van der Waals surface area contributed by atoms with E-state index in [1.54, 1.807) is 25.6 Å². The minimum absolute atomic E-state index is 0.111. The van der Waals surface area contributed by atoms with Crippen LogP contribution in [0.2, 0.25) is 0 Å². The quantitative estimate of drug-likeness (QED) is 0.584. The summed E-state index contributed by atoms with van der Waals surface area (Å²) >= 11 is 1.61. The number of benzene rings is 1. The van der Waals surface area contributed by atoms with Crippen molar-refractivity contribution in [1.29, 1.82) is 0 Å². The average molecular weight is 415 g/mol. The maximum absolute atomic E-state index is 5.92. The van der Waals surface area contributed by atoms with Gasteiger partial charge < -0.3 is 13.9 Å². The van der Waals surface area contributed by atoms with E-state index < -0.39 is 0 Å².